The van der Waals surface area contributed by atoms with Crippen LogP contribution in [-0.4, -0.2) is 33.1 Å². The van der Waals surface area contributed by atoms with Crippen LogP contribution in [0.4, 0.5) is 0 Å². The van der Waals surface area contributed by atoms with Crippen molar-refractivity contribution in [2.75, 3.05) is 18.6 Å². The molecule has 0 aliphatic heterocycles. The number of benzene rings is 1. The summed E-state index contributed by atoms with van der Waals surface area (Å²) < 4.78 is 28.5. The molecule has 0 saturated carbocycles. The standard InChI is InChI=1S/C14H22BrNO3S/c1-3-12(16)9-11-5-6-14(13(15)10-11)19-7-4-8-20(2,17)18/h5-6,10,12H,3-4,7-9,16H2,1-2H3. The van der Waals surface area contributed by atoms with E-state index in [9.17, 15) is 8.42 Å². The summed E-state index contributed by atoms with van der Waals surface area (Å²) in [4.78, 5) is 0. The lowest BCUT2D eigenvalue weighted by Crippen LogP contribution is -2.21. The lowest BCUT2D eigenvalue weighted by atomic mass is 10.0. The van der Waals surface area contributed by atoms with Crippen LogP contribution in [0.5, 0.6) is 5.75 Å². The predicted molar refractivity (Wildman–Crippen MR) is 85.9 cm³/mol. The first kappa shape index (κ1) is 17.5. The molecule has 0 amide bonds. The number of hydrogen-bond acceptors (Lipinski definition) is 4. The van der Waals surface area contributed by atoms with Gasteiger partial charge in [0.25, 0.3) is 0 Å². The van der Waals surface area contributed by atoms with Gasteiger partial charge in [-0.05, 0) is 52.9 Å². The van der Waals surface area contributed by atoms with Gasteiger partial charge in [-0.25, -0.2) is 8.42 Å². The summed E-state index contributed by atoms with van der Waals surface area (Å²) in [6, 6.07) is 6.05. The molecule has 20 heavy (non-hydrogen) atoms. The van der Waals surface area contributed by atoms with Crippen LogP contribution in [0, 0.1) is 0 Å². The molecule has 0 spiro atoms. The Morgan fingerprint density at radius 2 is 2.10 bits per heavy atom. The number of halogens is 1. The summed E-state index contributed by atoms with van der Waals surface area (Å²) in [5.41, 5.74) is 7.09. The van der Waals surface area contributed by atoms with Crippen molar-refractivity contribution in [2.24, 2.45) is 5.73 Å². The summed E-state index contributed by atoms with van der Waals surface area (Å²) >= 11 is 3.47. The third-order valence-corrected chi connectivity index (χ3v) is 4.59. The molecule has 6 heteroatoms. The number of rotatable bonds is 8. The fourth-order valence-corrected chi connectivity index (χ4v) is 2.92. The van der Waals surface area contributed by atoms with Gasteiger partial charge in [0.15, 0.2) is 0 Å². The van der Waals surface area contributed by atoms with Crippen LogP contribution in [-0.2, 0) is 16.3 Å². The van der Waals surface area contributed by atoms with E-state index in [0.717, 1.165) is 28.6 Å². The minimum atomic E-state index is -2.92. The summed E-state index contributed by atoms with van der Waals surface area (Å²) in [5, 5.41) is 0. The Kier molecular flexibility index (Phi) is 6.99. The molecule has 0 saturated heterocycles. The first-order valence-corrected chi connectivity index (χ1v) is 9.51. The van der Waals surface area contributed by atoms with E-state index in [4.69, 9.17) is 10.5 Å². The molecule has 0 heterocycles. The quantitative estimate of drug-likeness (QED) is 0.720. The zero-order valence-corrected chi connectivity index (χ0v) is 14.3. The van der Waals surface area contributed by atoms with E-state index in [1.54, 1.807) is 0 Å². The lowest BCUT2D eigenvalue weighted by Gasteiger charge is -2.12. The smallest absolute Gasteiger partial charge is 0.147 e. The molecule has 1 atom stereocenters. The monoisotopic (exact) mass is 363 g/mol. The second-order valence-electron chi connectivity index (χ2n) is 4.97. The highest BCUT2D eigenvalue weighted by atomic mass is 79.9. The molecule has 1 rings (SSSR count). The fourth-order valence-electron chi connectivity index (χ4n) is 1.74. The van der Waals surface area contributed by atoms with Crippen LogP contribution in [0.2, 0.25) is 0 Å². The first-order chi connectivity index (χ1) is 9.31. The van der Waals surface area contributed by atoms with Gasteiger partial charge in [-0.3, -0.25) is 0 Å². The van der Waals surface area contributed by atoms with Gasteiger partial charge in [0.1, 0.15) is 15.6 Å². The van der Waals surface area contributed by atoms with Crippen molar-refractivity contribution >= 4 is 25.8 Å². The van der Waals surface area contributed by atoms with E-state index in [2.05, 4.69) is 22.9 Å². The van der Waals surface area contributed by atoms with Gasteiger partial charge in [0.2, 0.25) is 0 Å². The topological polar surface area (TPSA) is 69.4 Å². The van der Waals surface area contributed by atoms with Gasteiger partial charge in [0.05, 0.1) is 16.8 Å². The summed E-state index contributed by atoms with van der Waals surface area (Å²) in [5.74, 6) is 0.876. The van der Waals surface area contributed by atoms with Crippen LogP contribution in [0.1, 0.15) is 25.3 Å². The van der Waals surface area contributed by atoms with Crippen LogP contribution in [0.3, 0.4) is 0 Å². The van der Waals surface area contributed by atoms with Crippen LogP contribution < -0.4 is 10.5 Å². The summed E-state index contributed by atoms with van der Waals surface area (Å²) in [6.07, 6.45) is 3.51. The molecule has 2 N–H and O–H groups in total. The zero-order valence-electron chi connectivity index (χ0n) is 11.9. The molecule has 0 fully saturated rings. The molecule has 114 valence electrons. The van der Waals surface area contributed by atoms with Crippen molar-refractivity contribution < 1.29 is 13.2 Å². The second-order valence-corrected chi connectivity index (χ2v) is 8.08. The van der Waals surface area contributed by atoms with Crippen LogP contribution in [0.25, 0.3) is 0 Å². The Hall–Kier alpha value is -0.590. The highest BCUT2D eigenvalue weighted by molar-refractivity contribution is 9.10. The molecule has 0 radical (unpaired) electrons. The predicted octanol–water partition coefficient (Wildman–Crippen LogP) is 2.54. The minimum absolute atomic E-state index is 0.147. The van der Waals surface area contributed by atoms with Gasteiger partial charge in [-0.2, -0.15) is 0 Å². The van der Waals surface area contributed by atoms with E-state index in [-0.39, 0.29) is 11.8 Å². The Bertz CT molecular complexity index is 531. The number of hydrogen-bond donors (Lipinski definition) is 1. The maximum Gasteiger partial charge on any atom is 0.147 e. The SMILES string of the molecule is CCC(N)Cc1ccc(OCCCS(C)(=O)=O)c(Br)c1. The van der Waals surface area contributed by atoms with Gasteiger partial charge < -0.3 is 10.5 Å². The Morgan fingerprint density at radius 1 is 1.40 bits per heavy atom. The Labute approximate surface area is 129 Å². The molecular weight excluding hydrogens is 342 g/mol. The summed E-state index contributed by atoms with van der Waals surface area (Å²) in [6.45, 7) is 2.46. The largest absolute Gasteiger partial charge is 0.492 e. The van der Waals surface area contributed by atoms with Crippen molar-refractivity contribution in [3.05, 3.63) is 28.2 Å². The highest BCUT2D eigenvalue weighted by Crippen LogP contribution is 2.26. The molecule has 0 aromatic heterocycles. The third kappa shape index (κ3) is 6.72. The average Bonchev–Trinajstić information content (AvgIpc) is 2.35. The average molecular weight is 364 g/mol. The Morgan fingerprint density at radius 3 is 2.65 bits per heavy atom. The second kappa shape index (κ2) is 8.00. The van der Waals surface area contributed by atoms with Crippen LogP contribution in [0.15, 0.2) is 22.7 Å². The van der Waals surface area contributed by atoms with Gasteiger partial charge in [-0.1, -0.05) is 13.0 Å². The maximum absolute atomic E-state index is 11.0. The normalized spacial score (nSPS) is 13.2. The van der Waals surface area contributed by atoms with Crippen molar-refractivity contribution in [1.29, 1.82) is 0 Å². The van der Waals surface area contributed by atoms with Crippen molar-refractivity contribution in [3.63, 3.8) is 0 Å². The molecule has 1 aromatic rings. The van der Waals surface area contributed by atoms with E-state index >= 15 is 0 Å². The molecule has 0 aliphatic carbocycles. The fraction of sp³-hybridized carbons (Fsp3) is 0.571. The Balaban J connectivity index is 2.51. The van der Waals surface area contributed by atoms with E-state index < -0.39 is 9.84 Å². The van der Waals surface area contributed by atoms with Crippen LogP contribution >= 0.6 is 15.9 Å². The van der Waals surface area contributed by atoms with E-state index in [1.165, 1.54) is 6.26 Å². The first-order valence-electron chi connectivity index (χ1n) is 6.66. The molecule has 1 aromatic carbocycles. The lowest BCUT2D eigenvalue weighted by molar-refractivity contribution is 0.315. The molecule has 1 unspecified atom stereocenters. The third-order valence-electron chi connectivity index (χ3n) is 2.94. The van der Waals surface area contributed by atoms with E-state index in [0.29, 0.717) is 13.0 Å². The van der Waals surface area contributed by atoms with Gasteiger partial charge in [0, 0.05) is 12.3 Å². The van der Waals surface area contributed by atoms with Crippen molar-refractivity contribution in [1.82, 2.24) is 0 Å². The molecule has 4 nitrogen and oxygen atoms in total. The van der Waals surface area contributed by atoms with Gasteiger partial charge in [-0.15, -0.1) is 0 Å². The highest BCUT2D eigenvalue weighted by Gasteiger charge is 2.07. The summed E-state index contributed by atoms with van der Waals surface area (Å²) in [7, 11) is -2.92. The molecular formula is C14H22BrNO3S. The van der Waals surface area contributed by atoms with Crippen molar-refractivity contribution in [3.8, 4) is 5.75 Å². The van der Waals surface area contributed by atoms with E-state index in [1.807, 2.05) is 18.2 Å². The van der Waals surface area contributed by atoms with Crippen molar-refractivity contribution in [2.45, 2.75) is 32.2 Å². The maximum atomic E-state index is 11.0. The molecule has 0 bridgehead atoms. The zero-order chi connectivity index (χ0) is 15.2. The number of nitrogens with two attached hydrogens (primary N) is 1. The van der Waals surface area contributed by atoms with Gasteiger partial charge >= 0.3 is 0 Å². The minimum Gasteiger partial charge on any atom is -0.492 e. The molecule has 0 aliphatic rings. The number of sulfone groups is 1. The number of ether oxygens (including phenoxy) is 1.